The van der Waals surface area contributed by atoms with Gasteiger partial charge in [-0.25, -0.2) is 0 Å². The van der Waals surface area contributed by atoms with E-state index in [0.717, 1.165) is 37.9 Å². The van der Waals surface area contributed by atoms with Crippen LogP contribution in [0.5, 0.6) is 0 Å². The first-order valence-electron chi connectivity index (χ1n) is 8.29. The molecule has 2 saturated carbocycles. The zero-order valence-corrected chi connectivity index (χ0v) is 15.5. The molecular weight excluding hydrogens is 270 g/mol. The van der Waals surface area contributed by atoms with E-state index < -0.39 is 0 Å². The minimum atomic E-state index is 0.0334. The molecule has 2 atom stereocenters. The molecule has 20 heavy (non-hydrogen) atoms. The Bertz CT molecular complexity index is 243. The molecule has 0 aliphatic heterocycles. The molecule has 0 aromatic carbocycles. The van der Waals surface area contributed by atoms with Crippen molar-refractivity contribution >= 4 is 18.1 Å². The van der Waals surface area contributed by atoms with E-state index in [-0.39, 0.29) is 17.4 Å². The van der Waals surface area contributed by atoms with Crippen molar-refractivity contribution in [3.05, 3.63) is 0 Å². The lowest BCUT2D eigenvalue weighted by molar-refractivity contribution is -0.120. The van der Waals surface area contributed by atoms with Gasteiger partial charge in [-0.15, -0.1) is 0 Å². The van der Waals surface area contributed by atoms with Gasteiger partial charge in [0, 0.05) is 5.92 Å². The van der Waals surface area contributed by atoms with Crippen molar-refractivity contribution in [3.63, 3.8) is 0 Å². The first kappa shape index (κ1) is 22.1. The van der Waals surface area contributed by atoms with Crippen LogP contribution >= 0.6 is 12.2 Å². The summed E-state index contributed by atoms with van der Waals surface area (Å²) in [6, 6.07) is 0. The van der Waals surface area contributed by atoms with Crippen LogP contribution in [-0.2, 0) is 8.98 Å². The van der Waals surface area contributed by atoms with Crippen LogP contribution in [0.25, 0.3) is 0 Å². The quantitative estimate of drug-likeness (QED) is 0.549. The Labute approximate surface area is 131 Å². The van der Waals surface area contributed by atoms with Crippen LogP contribution in [-0.4, -0.2) is 11.5 Å². The number of hydrogen-bond donors (Lipinski definition) is 1. The van der Waals surface area contributed by atoms with Gasteiger partial charge < -0.3 is 0 Å². The summed E-state index contributed by atoms with van der Waals surface area (Å²) in [4.78, 5) is 11.5. The van der Waals surface area contributed by atoms with Gasteiger partial charge in [-0.05, 0) is 32.1 Å². The van der Waals surface area contributed by atoms with Gasteiger partial charge in [0.25, 0.3) is 0 Å². The predicted octanol–water partition coefficient (Wildman–Crippen LogP) is 5.36. The van der Waals surface area contributed by atoms with Crippen molar-refractivity contribution < 1.29 is 8.98 Å². The lowest BCUT2D eigenvalue weighted by Gasteiger charge is -2.08. The van der Waals surface area contributed by atoms with Crippen molar-refractivity contribution in [1.82, 2.24) is 4.72 Å². The van der Waals surface area contributed by atoms with Gasteiger partial charge in [-0.3, -0.25) is 13.7 Å². The SMILES string of the molecule is CC.CC.CC.CC[C@@H]1C[C@@H]1C(=O)NSOC1(C)CC1. The minimum absolute atomic E-state index is 0.0334. The molecule has 0 saturated heterocycles. The van der Waals surface area contributed by atoms with Crippen molar-refractivity contribution in [3.8, 4) is 0 Å². The summed E-state index contributed by atoms with van der Waals surface area (Å²) >= 11 is 1.11. The van der Waals surface area contributed by atoms with Crippen LogP contribution in [0.1, 0.15) is 81.1 Å². The zero-order valence-electron chi connectivity index (χ0n) is 14.7. The molecule has 0 heterocycles. The van der Waals surface area contributed by atoms with Gasteiger partial charge in [0.05, 0.1) is 5.60 Å². The summed E-state index contributed by atoms with van der Waals surface area (Å²) in [6.07, 6.45) is 4.38. The maximum Gasteiger partial charge on any atom is 0.234 e. The largest absolute Gasteiger partial charge is 0.290 e. The van der Waals surface area contributed by atoms with E-state index in [4.69, 9.17) is 4.18 Å². The first-order chi connectivity index (χ1) is 9.64. The van der Waals surface area contributed by atoms with Crippen molar-refractivity contribution in [2.45, 2.75) is 86.7 Å². The molecule has 0 radical (unpaired) electrons. The standard InChI is InChI=1S/C10H17NO2S.3C2H6/c1-3-7-6-8(7)9(12)11-14-13-10(2)4-5-10;3*1-2/h7-8H,3-6H2,1-2H3,(H,11,12);3*1-2H3/t7-,8+;;;/m1.../s1. The number of hydrogen-bond acceptors (Lipinski definition) is 3. The van der Waals surface area contributed by atoms with Gasteiger partial charge in [0.1, 0.15) is 12.2 Å². The molecule has 2 aliphatic carbocycles. The fraction of sp³-hybridized carbons (Fsp3) is 0.938. The molecule has 122 valence electrons. The Morgan fingerprint density at radius 2 is 1.70 bits per heavy atom. The molecule has 0 aromatic heterocycles. The minimum Gasteiger partial charge on any atom is -0.290 e. The molecule has 3 nitrogen and oxygen atoms in total. The van der Waals surface area contributed by atoms with E-state index >= 15 is 0 Å². The highest BCUT2D eigenvalue weighted by molar-refractivity contribution is 7.93. The fourth-order valence-corrected chi connectivity index (χ4v) is 2.16. The van der Waals surface area contributed by atoms with Gasteiger partial charge in [0.15, 0.2) is 0 Å². The average molecular weight is 306 g/mol. The molecule has 0 aromatic rings. The van der Waals surface area contributed by atoms with E-state index in [1.807, 2.05) is 41.5 Å². The topological polar surface area (TPSA) is 38.3 Å². The van der Waals surface area contributed by atoms with Crippen molar-refractivity contribution in [2.24, 2.45) is 11.8 Å². The highest BCUT2D eigenvalue weighted by Gasteiger charge is 2.43. The monoisotopic (exact) mass is 305 g/mol. The molecule has 1 N–H and O–H groups in total. The second-order valence-electron chi connectivity index (χ2n) is 4.59. The van der Waals surface area contributed by atoms with Crippen LogP contribution in [0.4, 0.5) is 0 Å². The van der Waals surface area contributed by atoms with E-state index in [2.05, 4.69) is 18.6 Å². The number of carbonyl (C=O) groups excluding carboxylic acids is 1. The summed E-state index contributed by atoms with van der Waals surface area (Å²) in [5.41, 5.74) is 0.0334. The molecule has 2 rings (SSSR count). The van der Waals surface area contributed by atoms with Crippen LogP contribution in [0.15, 0.2) is 0 Å². The van der Waals surface area contributed by atoms with Crippen LogP contribution in [0, 0.1) is 11.8 Å². The fourth-order valence-electron chi connectivity index (χ4n) is 1.52. The molecule has 1 amide bonds. The molecule has 0 unspecified atom stereocenters. The number of rotatable bonds is 5. The van der Waals surface area contributed by atoms with E-state index in [9.17, 15) is 4.79 Å². The molecular formula is C16H35NO2S. The van der Waals surface area contributed by atoms with E-state index in [1.54, 1.807) is 0 Å². The smallest absolute Gasteiger partial charge is 0.234 e. The first-order valence-corrected chi connectivity index (χ1v) is 9.03. The van der Waals surface area contributed by atoms with Crippen molar-refractivity contribution in [2.75, 3.05) is 0 Å². The average Bonchev–Trinajstić information content (AvgIpc) is 3.42. The maximum atomic E-state index is 11.5. The van der Waals surface area contributed by atoms with Gasteiger partial charge in [-0.2, -0.15) is 0 Å². The van der Waals surface area contributed by atoms with Gasteiger partial charge in [0.2, 0.25) is 5.91 Å². The molecule has 4 heteroatoms. The van der Waals surface area contributed by atoms with Gasteiger partial charge in [-0.1, -0.05) is 54.9 Å². The molecule has 0 spiro atoms. The van der Waals surface area contributed by atoms with Gasteiger partial charge >= 0.3 is 0 Å². The lowest BCUT2D eigenvalue weighted by atomic mass is 10.2. The molecule has 2 aliphatic rings. The molecule has 0 bridgehead atoms. The predicted molar refractivity (Wildman–Crippen MR) is 90.4 cm³/mol. The third-order valence-corrected chi connectivity index (χ3v) is 3.89. The number of carbonyl (C=O) groups is 1. The summed E-state index contributed by atoms with van der Waals surface area (Å²) in [5.74, 6) is 1.02. The highest BCUT2D eigenvalue weighted by atomic mass is 32.2. The Kier molecular flexibility index (Phi) is 13.8. The zero-order chi connectivity index (χ0) is 16.2. The van der Waals surface area contributed by atoms with Crippen LogP contribution in [0.2, 0.25) is 0 Å². The normalized spacial score (nSPS) is 23.6. The van der Waals surface area contributed by atoms with Crippen LogP contribution < -0.4 is 4.72 Å². The number of nitrogens with one attached hydrogen (secondary N) is 1. The summed E-state index contributed by atoms with van der Waals surface area (Å²) in [7, 11) is 0. The Morgan fingerprint density at radius 1 is 1.20 bits per heavy atom. The third kappa shape index (κ3) is 8.85. The Morgan fingerprint density at radius 3 is 2.05 bits per heavy atom. The van der Waals surface area contributed by atoms with E-state index in [0.29, 0.717) is 5.92 Å². The summed E-state index contributed by atoms with van der Waals surface area (Å²) in [6.45, 7) is 16.2. The van der Waals surface area contributed by atoms with E-state index in [1.165, 1.54) is 0 Å². The Hall–Kier alpha value is -0.220. The second kappa shape index (κ2) is 12.5. The summed E-state index contributed by atoms with van der Waals surface area (Å²) in [5, 5.41) is 0. The second-order valence-corrected chi connectivity index (χ2v) is 5.13. The third-order valence-electron chi connectivity index (χ3n) is 3.12. The van der Waals surface area contributed by atoms with Crippen molar-refractivity contribution in [1.29, 1.82) is 0 Å². The number of amides is 1. The summed E-state index contributed by atoms with van der Waals surface area (Å²) < 4.78 is 8.20. The lowest BCUT2D eigenvalue weighted by Crippen LogP contribution is -2.20. The van der Waals surface area contributed by atoms with Crippen LogP contribution in [0.3, 0.4) is 0 Å². The highest BCUT2D eigenvalue weighted by Crippen LogP contribution is 2.43. The molecule has 2 fully saturated rings. The Balaban J connectivity index is 0. The maximum absolute atomic E-state index is 11.5.